The Kier molecular flexibility index (Phi) is 4.34. The molecule has 0 aromatic carbocycles. The molecule has 0 radical (unpaired) electrons. The Balaban J connectivity index is 4.87. The van der Waals surface area contributed by atoms with E-state index >= 15 is 0 Å². The minimum atomic E-state index is -4.17. The summed E-state index contributed by atoms with van der Waals surface area (Å²) in [6.45, 7) is 1.84. The minimum Gasteiger partial charge on any atom is -0.282 e. The summed E-state index contributed by atoms with van der Waals surface area (Å²) in [7, 11) is -4.17. The summed E-state index contributed by atoms with van der Waals surface area (Å²) in [6, 6.07) is 0. The van der Waals surface area contributed by atoms with Crippen LogP contribution in [-0.2, 0) is 10.1 Å². The highest BCUT2D eigenvalue weighted by Gasteiger charge is 2.08. The van der Waals surface area contributed by atoms with E-state index in [9.17, 15) is 8.42 Å². The van der Waals surface area contributed by atoms with Gasteiger partial charge in [0.15, 0.2) is 0 Å². The Morgan fingerprint density at radius 2 is 2.25 bits per heavy atom. The van der Waals surface area contributed by atoms with Gasteiger partial charge in [-0.05, 0) is 12.5 Å². The summed E-state index contributed by atoms with van der Waals surface area (Å²) in [4.78, 5) is -0.258. The van der Waals surface area contributed by atoms with Crippen molar-refractivity contribution in [1.82, 2.24) is 0 Å². The second kappa shape index (κ2) is 4.75. The third-order valence-corrected chi connectivity index (χ3v) is 1.89. The van der Waals surface area contributed by atoms with Gasteiger partial charge in [0.1, 0.15) is 4.91 Å². The van der Waals surface area contributed by atoms with E-state index in [1.54, 1.807) is 6.08 Å². The molecule has 12 heavy (non-hydrogen) atoms. The van der Waals surface area contributed by atoms with Crippen molar-refractivity contribution in [3.05, 3.63) is 23.1 Å². The van der Waals surface area contributed by atoms with Crippen LogP contribution >= 0.6 is 0 Å². The highest BCUT2D eigenvalue weighted by Crippen LogP contribution is 2.05. The fourth-order valence-corrected chi connectivity index (χ4v) is 1.01. The van der Waals surface area contributed by atoms with Crippen molar-refractivity contribution in [3.8, 4) is 12.3 Å². The normalized spacial score (nSPS) is 13.2. The van der Waals surface area contributed by atoms with Crippen molar-refractivity contribution in [2.45, 2.75) is 13.3 Å². The van der Waals surface area contributed by atoms with Crippen LogP contribution in [0.5, 0.6) is 0 Å². The molecule has 0 saturated heterocycles. The molecule has 0 bridgehead atoms. The lowest BCUT2D eigenvalue weighted by molar-refractivity contribution is 0.492. The summed E-state index contributed by atoms with van der Waals surface area (Å²) in [5.74, 6) is 2.03. The predicted molar refractivity (Wildman–Crippen MR) is 47.9 cm³/mol. The Bertz CT molecular complexity index is 328. The maximum Gasteiger partial charge on any atom is 0.295 e. The summed E-state index contributed by atoms with van der Waals surface area (Å²) < 4.78 is 29.7. The molecule has 0 aromatic rings. The molecule has 4 heteroatoms. The van der Waals surface area contributed by atoms with Gasteiger partial charge in [-0.3, -0.25) is 4.55 Å². The van der Waals surface area contributed by atoms with Crippen molar-refractivity contribution in [1.29, 1.82) is 0 Å². The molecule has 0 amide bonds. The molecule has 0 spiro atoms. The molecule has 0 saturated carbocycles. The molecule has 0 unspecified atom stereocenters. The highest BCUT2D eigenvalue weighted by atomic mass is 32.2. The molecule has 66 valence electrons. The van der Waals surface area contributed by atoms with E-state index in [2.05, 4.69) is 0 Å². The first kappa shape index (κ1) is 11.0. The van der Waals surface area contributed by atoms with Gasteiger partial charge >= 0.3 is 0 Å². The molecule has 0 rings (SSSR count). The molecule has 0 fully saturated rings. The standard InChI is InChI=1S/C8H10O3S/c1-3-5-7-8(6-4-2)12(9,10)11/h2,5-7H,3H2,1H3,(H,9,10,11)/b7-5-,8-6+. The number of hydrogen-bond donors (Lipinski definition) is 1. The Hall–Kier alpha value is -1.05. The van der Waals surface area contributed by atoms with Gasteiger partial charge in [-0.2, -0.15) is 8.42 Å². The number of hydrogen-bond acceptors (Lipinski definition) is 2. The van der Waals surface area contributed by atoms with Crippen molar-refractivity contribution in [2.24, 2.45) is 0 Å². The lowest BCUT2D eigenvalue weighted by Crippen LogP contribution is -1.98. The fraction of sp³-hybridized carbons (Fsp3) is 0.250. The highest BCUT2D eigenvalue weighted by molar-refractivity contribution is 7.90. The van der Waals surface area contributed by atoms with Crippen molar-refractivity contribution < 1.29 is 13.0 Å². The average Bonchev–Trinajstić information content (AvgIpc) is 1.95. The van der Waals surface area contributed by atoms with E-state index < -0.39 is 10.1 Å². The molecule has 0 aromatic heterocycles. The first-order valence-corrected chi connectivity index (χ1v) is 4.76. The Labute approximate surface area is 72.5 Å². The smallest absolute Gasteiger partial charge is 0.282 e. The van der Waals surface area contributed by atoms with Crippen LogP contribution in [0.4, 0.5) is 0 Å². The van der Waals surface area contributed by atoms with Gasteiger partial charge < -0.3 is 0 Å². The number of allylic oxidation sites excluding steroid dienone is 3. The van der Waals surface area contributed by atoms with Crippen LogP contribution in [0.25, 0.3) is 0 Å². The fourth-order valence-electron chi connectivity index (χ4n) is 0.525. The average molecular weight is 186 g/mol. The van der Waals surface area contributed by atoms with Crippen LogP contribution in [0, 0.1) is 12.3 Å². The molecular formula is C8H10O3S. The number of rotatable bonds is 3. The monoisotopic (exact) mass is 186 g/mol. The van der Waals surface area contributed by atoms with Crippen molar-refractivity contribution >= 4 is 10.1 Å². The summed E-state index contributed by atoms with van der Waals surface area (Å²) in [5, 5.41) is 0. The molecular weight excluding hydrogens is 176 g/mol. The minimum absolute atomic E-state index is 0.258. The predicted octanol–water partition coefficient (Wildman–Crippen LogP) is 1.36. The SMILES string of the molecule is C#C/C=C(\C=C/CC)S(=O)(=O)O. The molecule has 0 aliphatic carbocycles. The van der Waals surface area contributed by atoms with Crippen LogP contribution < -0.4 is 0 Å². The van der Waals surface area contributed by atoms with Gasteiger partial charge in [-0.1, -0.05) is 18.9 Å². The zero-order chi connectivity index (χ0) is 9.61. The maximum atomic E-state index is 10.6. The molecule has 0 aliphatic heterocycles. The molecule has 3 nitrogen and oxygen atoms in total. The molecule has 0 atom stereocenters. The van der Waals surface area contributed by atoms with Crippen LogP contribution in [0.15, 0.2) is 23.1 Å². The van der Waals surface area contributed by atoms with Gasteiger partial charge in [0.2, 0.25) is 0 Å². The van der Waals surface area contributed by atoms with Gasteiger partial charge in [-0.15, -0.1) is 6.42 Å². The molecule has 0 heterocycles. The summed E-state index contributed by atoms with van der Waals surface area (Å²) in [6.07, 6.45) is 9.41. The van der Waals surface area contributed by atoms with Gasteiger partial charge in [0.05, 0.1) is 0 Å². The zero-order valence-corrected chi connectivity index (χ0v) is 7.50. The third-order valence-electron chi connectivity index (χ3n) is 1.04. The van der Waals surface area contributed by atoms with E-state index in [1.807, 2.05) is 12.8 Å². The Morgan fingerprint density at radius 1 is 1.67 bits per heavy atom. The Morgan fingerprint density at radius 3 is 2.58 bits per heavy atom. The third kappa shape index (κ3) is 3.96. The second-order valence-electron chi connectivity index (χ2n) is 2.00. The van der Waals surface area contributed by atoms with E-state index in [-0.39, 0.29) is 4.91 Å². The van der Waals surface area contributed by atoms with Crippen LogP contribution in [-0.4, -0.2) is 13.0 Å². The quantitative estimate of drug-likeness (QED) is 0.411. The van der Waals surface area contributed by atoms with Gasteiger partial charge in [0, 0.05) is 6.08 Å². The van der Waals surface area contributed by atoms with Crippen molar-refractivity contribution in [3.63, 3.8) is 0 Å². The lowest BCUT2D eigenvalue weighted by atomic mass is 10.4. The lowest BCUT2D eigenvalue weighted by Gasteiger charge is -1.93. The van der Waals surface area contributed by atoms with Crippen LogP contribution in [0.2, 0.25) is 0 Å². The van der Waals surface area contributed by atoms with E-state index in [1.165, 1.54) is 6.08 Å². The number of terminal acetylenes is 1. The summed E-state index contributed by atoms with van der Waals surface area (Å²) >= 11 is 0. The maximum absolute atomic E-state index is 10.6. The van der Waals surface area contributed by atoms with E-state index in [0.29, 0.717) is 6.42 Å². The zero-order valence-electron chi connectivity index (χ0n) is 6.69. The topological polar surface area (TPSA) is 54.4 Å². The second-order valence-corrected chi connectivity index (χ2v) is 3.42. The first-order chi connectivity index (χ1) is 5.52. The van der Waals surface area contributed by atoms with Crippen LogP contribution in [0.3, 0.4) is 0 Å². The molecule has 1 N–H and O–H groups in total. The van der Waals surface area contributed by atoms with E-state index in [0.717, 1.165) is 6.08 Å². The van der Waals surface area contributed by atoms with Crippen LogP contribution in [0.1, 0.15) is 13.3 Å². The summed E-state index contributed by atoms with van der Waals surface area (Å²) in [5.41, 5.74) is 0. The largest absolute Gasteiger partial charge is 0.295 e. The first-order valence-electron chi connectivity index (χ1n) is 3.32. The van der Waals surface area contributed by atoms with E-state index in [4.69, 9.17) is 11.0 Å². The molecule has 0 aliphatic rings. The van der Waals surface area contributed by atoms with Gasteiger partial charge in [0.25, 0.3) is 10.1 Å². The van der Waals surface area contributed by atoms with Crippen molar-refractivity contribution in [2.75, 3.05) is 0 Å². The van der Waals surface area contributed by atoms with Gasteiger partial charge in [-0.25, -0.2) is 0 Å².